The summed E-state index contributed by atoms with van der Waals surface area (Å²) >= 11 is 0. The van der Waals surface area contributed by atoms with Gasteiger partial charge in [-0.15, -0.1) is 0 Å². The number of halogens is 3. The molecule has 0 aliphatic carbocycles. The van der Waals surface area contributed by atoms with Gasteiger partial charge in [-0.25, -0.2) is 13.2 Å². The van der Waals surface area contributed by atoms with Crippen LogP contribution in [0, 0.1) is 17.5 Å². The van der Waals surface area contributed by atoms with Gasteiger partial charge < -0.3 is 9.84 Å². The summed E-state index contributed by atoms with van der Waals surface area (Å²) in [6, 6.07) is 14.7. The van der Waals surface area contributed by atoms with E-state index in [-0.39, 0.29) is 16.9 Å². The van der Waals surface area contributed by atoms with E-state index >= 15 is 0 Å². The highest BCUT2D eigenvalue weighted by atomic mass is 19.2. The molecule has 0 amide bonds. The van der Waals surface area contributed by atoms with E-state index in [1.54, 1.807) is 42.5 Å². The Morgan fingerprint density at radius 1 is 0.903 bits per heavy atom. The molecule has 0 aliphatic rings. The van der Waals surface area contributed by atoms with Gasteiger partial charge >= 0.3 is 0 Å². The lowest BCUT2D eigenvalue weighted by atomic mass is 10.0. The Kier molecular flexibility index (Phi) is 7.53. The van der Waals surface area contributed by atoms with Crippen molar-refractivity contribution < 1.29 is 23.0 Å². The second-order valence-electron chi connectivity index (χ2n) is 7.21. The molecule has 1 atom stereocenters. The Morgan fingerprint density at radius 2 is 1.65 bits per heavy atom. The van der Waals surface area contributed by atoms with Crippen molar-refractivity contribution in [3.05, 3.63) is 88.7 Å². The van der Waals surface area contributed by atoms with Crippen molar-refractivity contribution in [2.45, 2.75) is 32.8 Å². The maximum atomic E-state index is 14.4. The molecule has 3 aromatic rings. The minimum absolute atomic E-state index is 0.0294. The number of hydrogen-bond acceptors (Lipinski definition) is 2. The molecular weight excluding hydrogens is 401 g/mol. The second kappa shape index (κ2) is 10.3. The summed E-state index contributed by atoms with van der Waals surface area (Å²) in [5.74, 6) is -1.91. The van der Waals surface area contributed by atoms with Crippen LogP contribution in [-0.4, -0.2) is 11.7 Å². The number of hydrogen-bond donors (Lipinski definition) is 1. The molecule has 0 spiro atoms. The normalized spacial score (nSPS) is 12.3. The fourth-order valence-corrected chi connectivity index (χ4v) is 3.34. The zero-order valence-corrected chi connectivity index (χ0v) is 17.5. The van der Waals surface area contributed by atoms with Crippen molar-refractivity contribution in [1.29, 1.82) is 0 Å². The molecule has 0 aliphatic heterocycles. The first-order valence-corrected chi connectivity index (χ1v) is 10.3. The number of aliphatic hydroxyl groups excluding tert-OH is 1. The Labute approximate surface area is 180 Å². The van der Waals surface area contributed by atoms with Crippen molar-refractivity contribution >= 4 is 12.2 Å². The molecule has 1 N–H and O–H groups in total. The Balaban J connectivity index is 1.78. The smallest absolute Gasteiger partial charge is 0.166 e. The first-order valence-electron chi connectivity index (χ1n) is 10.3. The van der Waals surface area contributed by atoms with Crippen LogP contribution >= 0.6 is 0 Å². The number of aliphatic hydroxyl groups is 1. The van der Waals surface area contributed by atoms with Gasteiger partial charge in [-0.05, 0) is 36.6 Å². The van der Waals surface area contributed by atoms with Gasteiger partial charge in [0.05, 0.1) is 12.7 Å². The van der Waals surface area contributed by atoms with E-state index in [9.17, 15) is 18.3 Å². The molecule has 0 saturated carbocycles. The molecule has 3 aromatic carbocycles. The summed E-state index contributed by atoms with van der Waals surface area (Å²) in [5, 5.41) is 9.95. The second-order valence-corrected chi connectivity index (χ2v) is 7.21. The largest absolute Gasteiger partial charge is 0.494 e. The van der Waals surface area contributed by atoms with Crippen LogP contribution in [-0.2, 0) is 0 Å². The molecule has 31 heavy (non-hydrogen) atoms. The summed E-state index contributed by atoms with van der Waals surface area (Å²) in [6.45, 7) is 4.17. The third-order valence-corrected chi connectivity index (χ3v) is 4.99. The van der Waals surface area contributed by atoms with Gasteiger partial charge in [0.2, 0.25) is 0 Å². The molecule has 162 valence electrons. The Morgan fingerprint density at radius 3 is 2.29 bits per heavy atom. The van der Waals surface area contributed by atoms with Gasteiger partial charge in [-0.1, -0.05) is 61.9 Å². The predicted octanol–water partition coefficient (Wildman–Crippen LogP) is 7.17. The molecule has 0 saturated heterocycles. The summed E-state index contributed by atoms with van der Waals surface area (Å²) < 4.78 is 48.4. The Hall–Kier alpha value is -3.05. The first-order chi connectivity index (χ1) is 14.9. The van der Waals surface area contributed by atoms with Gasteiger partial charge in [-0.3, -0.25) is 0 Å². The van der Waals surface area contributed by atoms with Gasteiger partial charge in [0.25, 0.3) is 0 Å². The Bertz CT molecular complexity index is 1060. The van der Waals surface area contributed by atoms with E-state index in [1.807, 2.05) is 13.8 Å². The lowest BCUT2D eigenvalue weighted by Gasteiger charge is -2.12. The average Bonchev–Trinajstić information content (AvgIpc) is 2.76. The van der Waals surface area contributed by atoms with E-state index in [2.05, 4.69) is 0 Å². The lowest BCUT2D eigenvalue weighted by molar-refractivity contribution is 0.160. The SMILES string of the molecule is CCCC(O)c1ccc(/C=C/c2ccc(-c3ccc(OCC)cc3F)cc2)c(F)c1F. The summed E-state index contributed by atoms with van der Waals surface area (Å²) in [4.78, 5) is 0. The van der Waals surface area contributed by atoms with Gasteiger partial charge in [0.1, 0.15) is 11.6 Å². The number of benzene rings is 3. The summed E-state index contributed by atoms with van der Waals surface area (Å²) in [5.41, 5.74) is 1.97. The van der Waals surface area contributed by atoms with Crippen molar-refractivity contribution in [3.63, 3.8) is 0 Å². The molecule has 0 radical (unpaired) electrons. The highest BCUT2D eigenvalue weighted by Crippen LogP contribution is 2.28. The van der Waals surface area contributed by atoms with Gasteiger partial charge in [0, 0.05) is 22.8 Å². The highest BCUT2D eigenvalue weighted by Gasteiger charge is 2.17. The van der Waals surface area contributed by atoms with Gasteiger partial charge in [0.15, 0.2) is 11.6 Å². The zero-order valence-electron chi connectivity index (χ0n) is 17.5. The van der Waals surface area contributed by atoms with E-state index in [0.717, 1.165) is 5.56 Å². The van der Waals surface area contributed by atoms with Crippen LogP contribution in [0.25, 0.3) is 23.3 Å². The van der Waals surface area contributed by atoms with E-state index in [0.29, 0.717) is 36.3 Å². The van der Waals surface area contributed by atoms with Crippen molar-refractivity contribution in [2.24, 2.45) is 0 Å². The van der Waals surface area contributed by atoms with Crippen LogP contribution < -0.4 is 4.74 Å². The summed E-state index contributed by atoms with van der Waals surface area (Å²) in [7, 11) is 0. The van der Waals surface area contributed by atoms with Crippen LogP contribution in [0.1, 0.15) is 49.5 Å². The van der Waals surface area contributed by atoms with Crippen LogP contribution in [0.2, 0.25) is 0 Å². The molecule has 0 heterocycles. The van der Waals surface area contributed by atoms with Gasteiger partial charge in [-0.2, -0.15) is 0 Å². The topological polar surface area (TPSA) is 29.5 Å². The quantitative estimate of drug-likeness (QED) is 0.387. The fraction of sp³-hybridized carbons (Fsp3) is 0.231. The predicted molar refractivity (Wildman–Crippen MR) is 118 cm³/mol. The maximum Gasteiger partial charge on any atom is 0.166 e. The monoisotopic (exact) mass is 426 g/mol. The molecule has 0 aromatic heterocycles. The van der Waals surface area contributed by atoms with Crippen molar-refractivity contribution in [3.8, 4) is 16.9 Å². The first kappa shape index (κ1) is 22.6. The van der Waals surface area contributed by atoms with Crippen LogP contribution in [0.5, 0.6) is 5.75 Å². The summed E-state index contributed by atoms with van der Waals surface area (Å²) in [6.07, 6.45) is 3.14. The third-order valence-electron chi connectivity index (χ3n) is 4.99. The molecule has 0 fully saturated rings. The maximum absolute atomic E-state index is 14.4. The van der Waals surface area contributed by atoms with E-state index in [4.69, 9.17) is 4.74 Å². The minimum atomic E-state index is -1.02. The molecule has 0 bridgehead atoms. The number of rotatable bonds is 8. The van der Waals surface area contributed by atoms with Crippen molar-refractivity contribution in [2.75, 3.05) is 6.61 Å². The van der Waals surface area contributed by atoms with E-state index in [1.165, 1.54) is 24.3 Å². The van der Waals surface area contributed by atoms with Crippen LogP contribution in [0.3, 0.4) is 0 Å². The lowest BCUT2D eigenvalue weighted by Crippen LogP contribution is -2.03. The number of ether oxygens (including phenoxy) is 1. The molecule has 3 rings (SSSR count). The third kappa shape index (κ3) is 5.36. The van der Waals surface area contributed by atoms with Crippen molar-refractivity contribution in [1.82, 2.24) is 0 Å². The molecule has 1 unspecified atom stereocenters. The standard InChI is InChI=1S/C26H25F3O2/c1-3-5-24(30)22-14-12-19(25(28)26(22)29)11-8-17-6-9-18(10-7-17)21-15-13-20(31-4-2)16-23(21)27/h6-16,24,30H,3-5H2,1-2H3/b11-8+. The highest BCUT2D eigenvalue weighted by molar-refractivity contribution is 5.72. The average molecular weight is 426 g/mol. The molecule has 2 nitrogen and oxygen atoms in total. The van der Waals surface area contributed by atoms with E-state index < -0.39 is 17.7 Å². The molecule has 5 heteroatoms. The molecular formula is C26H25F3O2. The zero-order chi connectivity index (χ0) is 22.4. The minimum Gasteiger partial charge on any atom is -0.494 e. The van der Waals surface area contributed by atoms with Crippen LogP contribution in [0.4, 0.5) is 13.2 Å². The van der Waals surface area contributed by atoms with Crippen LogP contribution in [0.15, 0.2) is 54.6 Å². The fourth-order valence-electron chi connectivity index (χ4n) is 3.34.